The van der Waals surface area contributed by atoms with E-state index >= 15 is 0 Å². The Labute approximate surface area is 82.5 Å². The third-order valence-corrected chi connectivity index (χ3v) is 2.18. The monoisotopic (exact) mass is 200 g/mol. The van der Waals surface area contributed by atoms with Crippen LogP contribution in [0.5, 0.6) is 0 Å². The Hall–Kier alpha value is -0.640. The number of nitrogens with zero attached hydrogens (tertiary/aromatic N) is 1. The number of aliphatic hydroxyl groups excluding tert-OH is 1. The topological polar surface area (TPSA) is 59.1 Å². The molecular formula is C9H13ClN2O. The lowest BCUT2D eigenvalue weighted by molar-refractivity contribution is 0.144. The van der Waals surface area contributed by atoms with Crippen LogP contribution < -0.4 is 5.73 Å². The SMILES string of the molecule is CC[C@H](N)[C@H](O)c1ccnc(Cl)c1. The second-order valence-electron chi connectivity index (χ2n) is 2.93. The van der Waals surface area contributed by atoms with E-state index in [1.165, 1.54) is 0 Å². The molecule has 0 spiro atoms. The van der Waals surface area contributed by atoms with Crippen LogP contribution in [0.4, 0.5) is 0 Å². The first-order chi connectivity index (χ1) is 6.15. The van der Waals surface area contributed by atoms with Gasteiger partial charge in [-0.1, -0.05) is 18.5 Å². The molecule has 72 valence electrons. The molecule has 0 amide bonds. The average molecular weight is 201 g/mol. The molecule has 0 fully saturated rings. The molecule has 0 aliphatic carbocycles. The standard InChI is InChI=1S/C9H13ClN2O/c1-2-7(11)9(13)6-3-4-12-8(10)5-6/h3-5,7,9,13H,2,11H2,1H3/t7-,9+/m0/s1. The van der Waals surface area contributed by atoms with E-state index in [1.54, 1.807) is 18.3 Å². The van der Waals surface area contributed by atoms with Crippen molar-refractivity contribution in [2.24, 2.45) is 5.73 Å². The van der Waals surface area contributed by atoms with E-state index in [4.69, 9.17) is 17.3 Å². The smallest absolute Gasteiger partial charge is 0.129 e. The predicted molar refractivity (Wildman–Crippen MR) is 52.5 cm³/mol. The molecular weight excluding hydrogens is 188 g/mol. The fraction of sp³-hybridized carbons (Fsp3) is 0.444. The zero-order valence-electron chi connectivity index (χ0n) is 7.44. The Kier molecular flexibility index (Phi) is 3.66. The molecule has 0 bridgehead atoms. The molecule has 1 heterocycles. The van der Waals surface area contributed by atoms with Crippen molar-refractivity contribution >= 4 is 11.6 Å². The first kappa shape index (κ1) is 10.4. The van der Waals surface area contributed by atoms with Gasteiger partial charge in [-0.05, 0) is 24.1 Å². The first-order valence-electron chi connectivity index (χ1n) is 4.20. The van der Waals surface area contributed by atoms with Gasteiger partial charge in [-0.15, -0.1) is 0 Å². The van der Waals surface area contributed by atoms with Crippen LogP contribution in [0.3, 0.4) is 0 Å². The Morgan fingerprint density at radius 1 is 1.69 bits per heavy atom. The van der Waals surface area contributed by atoms with E-state index in [9.17, 15) is 5.11 Å². The van der Waals surface area contributed by atoms with Gasteiger partial charge in [-0.2, -0.15) is 0 Å². The molecule has 13 heavy (non-hydrogen) atoms. The number of hydrogen-bond donors (Lipinski definition) is 2. The Morgan fingerprint density at radius 2 is 2.38 bits per heavy atom. The number of nitrogens with two attached hydrogens (primary N) is 1. The van der Waals surface area contributed by atoms with Crippen molar-refractivity contribution in [2.75, 3.05) is 0 Å². The van der Waals surface area contributed by atoms with Crippen LogP contribution in [-0.4, -0.2) is 16.1 Å². The maximum atomic E-state index is 9.70. The fourth-order valence-electron chi connectivity index (χ4n) is 1.07. The largest absolute Gasteiger partial charge is 0.387 e. The summed E-state index contributed by atoms with van der Waals surface area (Å²) in [6, 6.07) is 3.09. The summed E-state index contributed by atoms with van der Waals surface area (Å²) in [5, 5.41) is 10.1. The average Bonchev–Trinajstić information content (AvgIpc) is 2.15. The lowest BCUT2D eigenvalue weighted by atomic mass is 10.0. The van der Waals surface area contributed by atoms with Crippen molar-refractivity contribution < 1.29 is 5.11 Å². The van der Waals surface area contributed by atoms with Crippen molar-refractivity contribution in [1.29, 1.82) is 0 Å². The molecule has 0 saturated heterocycles. The van der Waals surface area contributed by atoms with Gasteiger partial charge in [-0.3, -0.25) is 0 Å². The van der Waals surface area contributed by atoms with Crippen LogP contribution in [-0.2, 0) is 0 Å². The second kappa shape index (κ2) is 4.56. The molecule has 0 unspecified atom stereocenters. The minimum Gasteiger partial charge on any atom is -0.387 e. The molecule has 0 radical (unpaired) electrons. The molecule has 0 aliphatic heterocycles. The summed E-state index contributed by atoms with van der Waals surface area (Å²) in [7, 11) is 0. The van der Waals surface area contributed by atoms with E-state index in [0.717, 1.165) is 6.42 Å². The summed E-state index contributed by atoms with van der Waals surface area (Å²) >= 11 is 5.67. The van der Waals surface area contributed by atoms with Gasteiger partial charge in [0, 0.05) is 12.2 Å². The normalized spacial score (nSPS) is 15.4. The number of halogens is 1. The van der Waals surface area contributed by atoms with Crippen molar-refractivity contribution in [3.05, 3.63) is 29.0 Å². The van der Waals surface area contributed by atoms with Crippen molar-refractivity contribution in [2.45, 2.75) is 25.5 Å². The molecule has 3 N–H and O–H groups in total. The number of aromatic nitrogens is 1. The van der Waals surface area contributed by atoms with E-state index in [-0.39, 0.29) is 6.04 Å². The maximum absolute atomic E-state index is 9.70. The zero-order valence-corrected chi connectivity index (χ0v) is 8.20. The minimum atomic E-state index is -0.662. The summed E-state index contributed by atoms with van der Waals surface area (Å²) in [5.74, 6) is 0. The van der Waals surface area contributed by atoms with Crippen molar-refractivity contribution in [1.82, 2.24) is 4.98 Å². The summed E-state index contributed by atoms with van der Waals surface area (Å²) in [4.78, 5) is 3.82. The quantitative estimate of drug-likeness (QED) is 0.728. The van der Waals surface area contributed by atoms with E-state index in [1.807, 2.05) is 6.92 Å². The highest BCUT2D eigenvalue weighted by atomic mass is 35.5. The Morgan fingerprint density at radius 3 is 2.92 bits per heavy atom. The van der Waals surface area contributed by atoms with Crippen molar-refractivity contribution in [3.63, 3.8) is 0 Å². The Bertz CT molecular complexity index is 280. The van der Waals surface area contributed by atoms with Gasteiger partial charge in [0.1, 0.15) is 5.15 Å². The van der Waals surface area contributed by atoms with Crippen molar-refractivity contribution in [3.8, 4) is 0 Å². The minimum absolute atomic E-state index is 0.251. The third-order valence-electron chi connectivity index (χ3n) is 1.97. The fourth-order valence-corrected chi connectivity index (χ4v) is 1.25. The van der Waals surface area contributed by atoms with Crippen LogP contribution in [0.1, 0.15) is 25.0 Å². The molecule has 0 aliphatic rings. The second-order valence-corrected chi connectivity index (χ2v) is 3.32. The lowest BCUT2D eigenvalue weighted by Gasteiger charge is -2.17. The van der Waals surface area contributed by atoms with Crippen LogP contribution in [0.15, 0.2) is 18.3 Å². The highest BCUT2D eigenvalue weighted by molar-refractivity contribution is 6.29. The molecule has 1 rings (SSSR count). The number of hydrogen-bond acceptors (Lipinski definition) is 3. The molecule has 0 saturated carbocycles. The third kappa shape index (κ3) is 2.66. The van der Waals surface area contributed by atoms with Crippen LogP contribution in [0.2, 0.25) is 5.15 Å². The van der Waals surface area contributed by atoms with Gasteiger partial charge in [0.25, 0.3) is 0 Å². The molecule has 0 aromatic carbocycles. The van der Waals surface area contributed by atoms with Crippen LogP contribution in [0.25, 0.3) is 0 Å². The highest BCUT2D eigenvalue weighted by Gasteiger charge is 2.14. The van der Waals surface area contributed by atoms with E-state index in [2.05, 4.69) is 4.98 Å². The Balaban J connectivity index is 2.82. The van der Waals surface area contributed by atoms with Gasteiger partial charge in [-0.25, -0.2) is 4.98 Å². The molecule has 2 atom stereocenters. The highest BCUT2D eigenvalue weighted by Crippen LogP contribution is 2.18. The number of aliphatic hydroxyl groups is 1. The summed E-state index contributed by atoms with van der Waals surface area (Å²) < 4.78 is 0. The maximum Gasteiger partial charge on any atom is 0.129 e. The zero-order chi connectivity index (χ0) is 9.84. The van der Waals surface area contributed by atoms with Gasteiger partial charge in [0.2, 0.25) is 0 Å². The van der Waals surface area contributed by atoms with E-state index < -0.39 is 6.10 Å². The number of pyridine rings is 1. The predicted octanol–water partition coefficient (Wildman–Crippen LogP) is 1.51. The molecule has 3 nitrogen and oxygen atoms in total. The summed E-state index contributed by atoms with van der Waals surface area (Å²) in [5.41, 5.74) is 6.40. The van der Waals surface area contributed by atoms with Gasteiger partial charge in [0.15, 0.2) is 0 Å². The van der Waals surface area contributed by atoms with Crippen LogP contribution >= 0.6 is 11.6 Å². The summed E-state index contributed by atoms with van der Waals surface area (Å²) in [6.07, 6.45) is 1.62. The lowest BCUT2D eigenvalue weighted by Crippen LogP contribution is -2.27. The molecule has 1 aromatic heterocycles. The van der Waals surface area contributed by atoms with Gasteiger partial charge in [0.05, 0.1) is 6.10 Å². The molecule has 1 aromatic rings. The number of rotatable bonds is 3. The first-order valence-corrected chi connectivity index (χ1v) is 4.58. The summed E-state index contributed by atoms with van der Waals surface area (Å²) in [6.45, 7) is 1.93. The van der Waals surface area contributed by atoms with Crippen LogP contribution in [0, 0.1) is 0 Å². The van der Waals surface area contributed by atoms with Gasteiger partial charge < -0.3 is 10.8 Å². The molecule has 4 heteroatoms. The van der Waals surface area contributed by atoms with Gasteiger partial charge >= 0.3 is 0 Å². The van der Waals surface area contributed by atoms with E-state index in [0.29, 0.717) is 10.7 Å².